The number of sulfonamides is 1. The molecular formula is C11H12FN3O3S. The number of aryl methyl sites for hydroxylation is 1. The fourth-order valence-corrected chi connectivity index (χ4v) is 2.61. The van der Waals surface area contributed by atoms with Crippen LogP contribution in [-0.4, -0.2) is 13.6 Å². The van der Waals surface area contributed by atoms with Gasteiger partial charge in [0.05, 0.1) is 11.4 Å². The highest BCUT2D eigenvalue weighted by molar-refractivity contribution is 7.92. The van der Waals surface area contributed by atoms with Crippen molar-refractivity contribution >= 4 is 21.6 Å². The molecule has 102 valence electrons. The number of hydrogen-bond acceptors (Lipinski definition) is 5. The Kier molecular flexibility index (Phi) is 3.19. The molecule has 1 heterocycles. The van der Waals surface area contributed by atoms with Gasteiger partial charge in [-0.15, -0.1) is 0 Å². The van der Waals surface area contributed by atoms with Crippen molar-refractivity contribution in [3.8, 4) is 0 Å². The van der Waals surface area contributed by atoms with Crippen molar-refractivity contribution in [3.63, 3.8) is 0 Å². The normalized spacial score (nSPS) is 11.5. The third-order valence-corrected chi connectivity index (χ3v) is 4.05. The summed E-state index contributed by atoms with van der Waals surface area (Å²) < 4.78 is 44.2. The van der Waals surface area contributed by atoms with Crippen molar-refractivity contribution in [1.29, 1.82) is 0 Å². The molecule has 6 nitrogen and oxygen atoms in total. The van der Waals surface area contributed by atoms with E-state index in [2.05, 4.69) is 9.88 Å². The van der Waals surface area contributed by atoms with E-state index in [0.717, 1.165) is 18.2 Å². The van der Waals surface area contributed by atoms with Crippen LogP contribution in [0, 0.1) is 19.7 Å². The molecular weight excluding hydrogens is 273 g/mol. The van der Waals surface area contributed by atoms with E-state index in [4.69, 9.17) is 10.3 Å². The Labute approximate surface area is 109 Å². The van der Waals surface area contributed by atoms with Gasteiger partial charge >= 0.3 is 0 Å². The number of anilines is 2. The minimum Gasteiger partial charge on any atom is -0.398 e. The smallest absolute Gasteiger partial charge is 0.266 e. The molecule has 0 fully saturated rings. The molecule has 1 aromatic heterocycles. The first kappa shape index (κ1) is 13.3. The Hall–Kier alpha value is -2.09. The molecule has 0 saturated carbocycles. The molecule has 0 radical (unpaired) electrons. The molecule has 0 atom stereocenters. The summed E-state index contributed by atoms with van der Waals surface area (Å²) in [4.78, 5) is -0.220. The number of nitrogen functional groups attached to an aromatic ring is 1. The van der Waals surface area contributed by atoms with Gasteiger partial charge in [0.1, 0.15) is 10.7 Å². The fraction of sp³-hybridized carbons (Fsp3) is 0.182. The minimum absolute atomic E-state index is 0.0150. The summed E-state index contributed by atoms with van der Waals surface area (Å²) >= 11 is 0. The minimum atomic E-state index is -3.95. The highest BCUT2D eigenvalue weighted by atomic mass is 32.2. The van der Waals surface area contributed by atoms with Crippen LogP contribution in [0.4, 0.5) is 16.0 Å². The first-order valence-corrected chi connectivity index (χ1v) is 6.80. The van der Waals surface area contributed by atoms with Gasteiger partial charge in [-0.25, -0.2) is 17.5 Å². The second kappa shape index (κ2) is 4.54. The average molecular weight is 285 g/mol. The molecule has 0 aliphatic rings. The molecule has 0 saturated heterocycles. The van der Waals surface area contributed by atoms with Gasteiger partial charge < -0.3 is 10.3 Å². The van der Waals surface area contributed by atoms with Crippen molar-refractivity contribution in [2.45, 2.75) is 18.7 Å². The summed E-state index contributed by atoms with van der Waals surface area (Å²) in [6.07, 6.45) is 0. The molecule has 0 bridgehead atoms. The quantitative estimate of drug-likeness (QED) is 0.838. The molecule has 0 aliphatic heterocycles. The van der Waals surface area contributed by atoms with Gasteiger partial charge in [-0.05, 0) is 32.0 Å². The lowest BCUT2D eigenvalue weighted by Gasteiger charge is -2.08. The van der Waals surface area contributed by atoms with Gasteiger partial charge in [0.2, 0.25) is 5.88 Å². The zero-order valence-corrected chi connectivity index (χ0v) is 11.1. The number of aromatic nitrogens is 1. The van der Waals surface area contributed by atoms with Crippen LogP contribution in [-0.2, 0) is 10.0 Å². The van der Waals surface area contributed by atoms with E-state index in [9.17, 15) is 12.8 Å². The van der Waals surface area contributed by atoms with Crippen molar-refractivity contribution in [1.82, 2.24) is 5.16 Å². The van der Waals surface area contributed by atoms with Gasteiger partial charge in [-0.1, -0.05) is 5.16 Å². The fourth-order valence-electron chi connectivity index (χ4n) is 1.45. The molecule has 2 aromatic rings. The Balaban J connectivity index is 2.41. The number of halogens is 1. The molecule has 2 rings (SSSR count). The van der Waals surface area contributed by atoms with Crippen LogP contribution in [0.15, 0.2) is 27.6 Å². The van der Waals surface area contributed by atoms with E-state index in [0.29, 0.717) is 11.3 Å². The summed E-state index contributed by atoms with van der Waals surface area (Å²) in [5.41, 5.74) is 6.47. The molecule has 0 aliphatic carbocycles. The van der Waals surface area contributed by atoms with Crippen LogP contribution in [0.1, 0.15) is 11.3 Å². The molecule has 0 amide bonds. The SMILES string of the molecule is Cc1noc(NS(=O)(=O)c2ccc(F)cc2N)c1C. The third kappa shape index (κ3) is 2.53. The zero-order chi connectivity index (χ0) is 14.2. The summed E-state index contributed by atoms with van der Waals surface area (Å²) in [5.74, 6) is -0.593. The summed E-state index contributed by atoms with van der Waals surface area (Å²) in [6.45, 7) is 3.35. The lowest BCUT2D eigenvalue weighted by molar-refractivity contribution is 0.430. The summed E-state index contributed by atoms with van der Waals surface area (Å²) in [7, 11) is -3.95. The van der Waals surface area contributed by atoms with Crippen molar-refractivity contribution in [2.75, 3.05) is 10.5 Å². The van der Waals surface area contributed by atoms with Crippen LogP contribution in [0.5, 0.6) is 0 Å². The first-order chi connectivity index (χ1) is 8.81. The summed E-state index contributed by atoms with van der Waals surface area (Å²) in [5, 5.41) is 3.64. The second-order valence-corrected chi connectivity index (χ2v) is 5.66. The lowest BCUT2D eigenvalue weighted by Crippen LogP contribution is -2.15. The largest absolute Gasteiger partial charge is 0.398 e. The maximum Gasteiger partial charge on any atom is 0.266 e. The van der Waals surface area contributed by atoms with E-state index in [1.807, 2.05) is 0 Å². The molecule has 0 unspecified atom stereocenters. The maximum absolute atomic E-state index is 12.9. The second-order valence-electron chi connectivity index (χ2n) is 4.01. The molecule has 0 spiro atoms. The van der Waals surface area contributed by atoms with Gasteiger partial charge in [0.15, 0.2) is 0 Å². The Morgan fingerprint density at radius 3 is 2.58 bits per heavy atom. The van der Waals surface area contributed by atoms with E-state index < -0.39 is 15.8 Å². The van der Waals surface area contributed by atoms with E-state index >= 15 is 0 Å². The predicted molar refractivity (Wildman–Crippen MR) is 67.6 cm³/mol. The van der Waals surface area contributed by atoms with Crippen LogP contribution < -0.4 is 10.5 Å². The monoisotopic (exact) mass is 285 g/mol. The lowest BCUT2D eigenvalue weighted by atomic mass is 10.3. The van der Waals surface area contributed by atoms with E-state index in [1.165, 1.54) is 0 Å². The highest BCUT2D eigenvalue weighted by Crippen LogP contribution is 2.25. The summed E-state index contributed by atoms with van der Waals surface area (Å²) in [6, 6.07) is 3.04. The highest BCUT2D eigenvalue weighted by Gasteiger charge is 2.21. The van der Waals surface area contributed by atoms with E-state index in [-0.39, 0.29) is 16.5 Å². The molecule has 19 heavy (non-hydrogen) atoms. The van der Waals surface area contributed by atoms with Crippen LogP contribution >= 0.6 is 0 Å². The van der Waals surface area contributed by atoms with Gasteiger partial charge in [-0.2, -0.15) is 0 Å². The maximum atomic E-state index is 12.9. The standard InChI is InChI=1S/C11H12FN3O3S/c1-6-7(2)14-18-11(6)15-19(16,17)10-4-3-8(12)5-9(10)13/h3-5,15H,13H2,1-2H3. The number of nitrogens with one attached hydrogen (secondary N) is 1. The van der Waals surface area contributed by atoms with Crippen molar-refractivity contribution in [3.05, 3.63) is 35.3 Å². The Morgan fingerprint density at radius 1 is 1.37 bits per heavy atom. The topological polar surface area (TPSA) is 98.2 Å². The van der Waals surface area contributed by atoms with Crippen LogP contribution in [0.2, 0.25) is 0 Å². The van der Waals surface area contributed by atoms with Crippen LogP contribution in [0.25, 0.3) is 0 Å². The van der Waals surface area contributed by atoms with Gasteiger partial charge in [-0.3, -0.25) is 0 Å². The molecule has 3 N–H and O–H groups in total. The third-order valence-electron chi connectivity index (χ3n) is 2.65. The van der Waals surface area contributed by atoms with Crippen molar-refractivity contribution < 1.29 is 17.3 Å². The van der Waals surface area contributed by atoms with Gasteiger partial charge in [0.25, 0.3) is 10.0 Å². The number of benzene rings is 1. The van der Waals surface area contributed by atoms with Crippen molar-refractivity contribution in [2.24, 2.45) is 0 Å². The predicted octanol–water partition coefficient (Wildman–Crippen LogP) is 1.81. The number of nitrogens with zero attached hydrogens (tertiary/aromatic N) is 1. The number of nitrogens with two attached hydrogens (primary N) is 1. The van der Waals surface area contributed by atoms with E-state index in [1.54, 1.807) is 13.8 Å². The number of hydrogen-bond donors (Lipinski definition) is 2. The Bertz CT molecular complexity index is 725. The van der Waals surface area contributed by atoms with Crippen LogP contribution in [0.3, 0.4) is 0 Å². The van der Waals surface area contributed by atoms with Gasteiger partial charge in [0, 0.05) is 5.56 Å². The molecule has 1 aromatic carbocycles. The Morgan fingerprint density at radius 2 is 2.05 bits per heavy atom. The molecule has 8 heteroatoms. The average Bonchev–Trinajstić information content (AvgIpc) is 2.60. The first-order valence-electron chi connectivity index (χ1n) is 5.32. The zero-order valence-electron chi connectivity index (χ0n) is 10.3. The number of rotatable bonds is 3.